The zero-order valence-electron chi connectivity index (χ0n) is 8.94. The number of benzene rings is 1. The maximum atomic E-state index is 4.14. The molecule has 1 fully saturated rings. The van der Waals surface area contributed by atoms with E-state index >= 15 is 0 Å². The van der Waals surface area contributed by atoms with Gasteiger partial charge in [-0.1, -0.05) is 34.1 Å². The number of fused-ring (bicyclic) bond motifs is 1. The highest BCUT2D eigenvalue weighted by Gasteiger charge is 2.29. The minimum absolute atomic E-state index is 0.597. The van der Waals surface area contributed by atoms with E-state index in [9.17, 15) is 0 Å². The molecule has 2 aromatic rings. The molecule has 1 unspecified atom stereocenters. The summed E-state index contributed by atoms with van der Waals surface area (Å²) in [5, 5.41) is 9.46. The van der Waals surface area contributed by atoms with Gasteiger partial charge in [0.15, 0.2) is 0 Å². The minimum atomic E-state index is 0.597. The highest BCUT2D eigenvalue weighted by Crippen LogP contribution is 2.38. The van der Waals surface area contributed by atoms with Gasteiger partial charge >= 0.3 is 0 Å². The number of nitrogens with zero attached hydrogens (tertiary/aromatic N) is 2. The molecule has 1 aliphatic rings. The van der Waals surface area contributed by atoms with E-state index in [1.54, 1.807) is 0 Å². The normalized spacial score (nSPS) is 17.6. The summed E-state index contributed by atoms with van der Waals surface area (Å²) in [4.78, 5) is 0.597. The fraction of sp³-hybridized carbons (Fsp3) is 0.385. The molecule has 82 valence electrons. The first kappa shape index (κ1) is 10.2. The summed E-state index contributed by atoms with van der Waals surface area (Å²) in [5.41, 5.74) is 2.30. The van der Waals surface area contributed by atoms with E-state index in [4.69, 9.17) is 0 Å². The van der Waals surface area contributed by atoms with E-state index in [1.165, 1.54) is 23.8 Å². The molecule has 1 atom stereocenters. The van der Waals surface area contributed by atoms with Crippen LogP contribution in [0.5, 0.6) is 0 Å². The summed E-state index contributed by atoms with van der Waals surface area (Å²) < 4.78 is 0. The van der Waals surface area contributed by atoms with Gasteiger partial charge in [0.2, 0.25) is 0 Å². The van der Waals surface area contributed by atoms with Gasteiger partial charge in [-0.15, -0.1) is 0 Å². The topological polar surface area (TPSA) is 25.8 Å². The average Bonchev–Trinajstić information content (AvgIpc) is 3.13. The number of hydrogen-bond donors (Lipinski definition) is 0. The zero-order valence-corrected chi connectivity index (χ0v) is 10.5. The average molecular weight is 277 g/mol. The highest BCUT2D eigenvalue weighted by molar-refractivity contribution is 9.09. The number of rotatable bonds is 3. The van der Waals surface area contributed by atoms with E-state index in [0.717, 1.165) is 17.9 Å². The smallest absolute Gasteiger partial charge is 0.0932 e. The molecule has 1 heterocycles. The molecule has 0 amide bonds. The Hall–Kier alpha value is -0.960. The lowest BCUT2D eigenvalue weighted by Gasteiger charge is -2.09. The molecule has 16 heavy (non-hydrogen) atoms. The maximum absolute atomic E-state index is 4.14. The Kier molecular flexibility index (Phi) is 2.64. The van der Waals surface area contributed by atoms with Crippen LogP contribution in [-0.2, 0) is 6.42 Å². The van der Waals surface area contributed by atoms with Gasteiger partial charge in [0.1, 0.15) is 0 Å². The van der Waals surface area contributed by atoms with Crippen molar-refractivity contribution in [2.24, 2.45) is 5.92 Å². The van der Waals surface area contributed by atoms with E-state index < -0.39 is 0 Å². The van der Waals surface area contributed by atoms with Crippen molar-refractivity contribution in [1.82, 2.24) is 10.2 Å². The molecule has 0 aliphatic heterocycles. The van der Waals surface area contributed by atoms with Crippen molar-refractivity contribution in [3.63, 3.8) is 0 Å². The maximum Gasteiger partial charge on any atom is 0.0932 e. The summed E-state index contributed by atoms with van der Waals surface area (Å²) in [6.45, 7) is 0. The van der Waals surface area contributed by atoms with Gasteiger partial charge in [0, 0.05) is 10.2 Å². The molecule has 3 rings (SSSR count). The van der Waals surface area contributed by atoms with Crippen LogP contribution in [0.25, 0.3) is 10.9 Å². The van der Waals surface area contributed by atoms with Gasteiger partial charge in [-0.2, -0.15) is 10.2 Å². The summed E-state index contributed by atoms with van der Waals surface area (Å²) in [6, 6.07) is 8.22. The van der Waals surface area contributed by atoms with Crippen LogP contribution in [0.3, 0.4) is 0 Å². The van der Waals surface area contributed by atoms with Crippen molar-refractivity contribution in [3.05, 3.63) is 36.0 Å². The fourth-order valence-corrected chi connectivity index (χ4v) is 2.94. The second kappa shape index (κ2) is 4.13. The Morgan fingerprint density at radius 2 is 2.12 bits per heavy atom. The van der Waals surface area contributed by atoms with Gasteiger partial charge in [-0.25, -0.2) is 0 Å². The third-order valence-electron chi connectivity index (χ3n) is 3.18. The zero-order chi connectivity index (χ0) is 11.0. The van der Waals surface area contributed by atoms with Crippen LogP contribution >= 0.6 is 15.9 Å². The fourth-order valence-electron chi connectivity index (χ4n) is 2.06. The van der Waals surface area contributed by atoms with Crippen molar-refractivity contribution in [2.75, 3.05) is 0 Å². The van der Waals surface area contributed by atoms with Crippen molar-refractivity contribution in [1.29, 1.82) is 0 Å². The molecule has 0 N–H and O–H groups in total. The van der Waals surface area contributed by atoms with Crippen LogP contribution in [-0.4, -0.2) is 15.0 Å². The molecule has 1 aliphatic carbocycles. The molecule has 2 nitrogen and oxygen atoms in total. The second-order valence-electron chi connectivity index (χ2n) is 4.44. The number of halogens is 1. The summed E-state index contributed by atoms with van der Waals surface area (Å²) in [7, 11) is 0. The van der Waals surface area contributed by atoms with Gasteiger partial charge in [-0.05, 0) is 36.8 Å². The van der Waals surface area contributed by atoms with Crippen molar-refractivity contribution in [2.45, 2.75) is 24.1 Å². The van der Waals surface area contributed by atoms with Gasteiger partial charge in [0.25, 0.3) is 0 Å². The Balaban J connectivity index is 1.95. The molecular formula is C13H13BrN2. The van der Waals surface area contributed by atoms with E-state index in [2.05, 4.69) is 38.3 Å². The highest BCUT2D eigenvalue weighted by atomic mass is 79.9. The Morgan fingerprint density at radius 3 is 2.94 bits per heavy atom. The molecule has 1 saturated carbocycles. The van der Waals surface area contributed by atoms with Gasteiger partial charge < -0.3 is 0 Å². The monoisotopic (exact) mass is 276 g/mol. The van der Waals surface area contributed by atoms with Crippen LogP contribution in [0.15, 0.2) is 30.5 Å². The van der Waals surface area contributed by atoms with Crippen LogP contribution in [0, 0.1) is 5.92 Å². The van der Waals surface area contributed by atoms with Gasteiger partial charge in [0.05, 0.1) is 11.7 Å². The predicted octanol–water partition coefficient (Wildman–Crippen LogP) is 3.35. The van der Waals surface area contributed by atoms with Crippen molar-refractivity contribution in [3.8, 4) is 0 Å². The van der Waals surface area contributed by atoms with Gasteiger partial charge in [-0.3, -0.25) is 0 Å². The van der Waals surface area contributed by atoms with Crippen LogP contribution in [0.2, 0.25) is 0 Å². The summed E-state index contributed by atoms with van der Waals surface area (Å²) >= 11 is 3.78. The van der Waals surface area contributed by atoms with Crippen LogP contribution < -0.4 is 0 Å². The lowest BCUT2D eigenvalue weighted by molar-refractivity contribution is 0.760. The lowest BCUT2D eigenvalue weighted by Crippen LogP contribution is -2.06. The lowest BCUT2D eigenvalue weighted by atomic mass is 10.0. The van der Waals surface area contributed by atoms with Crippen molar-refractivity contribution < 1.29 is 0 Å². The number of alkyl halides is 1. The molecular weight excluding hydrogens is 264 g/mol. The second-order valence-corrected chi connectivity index (χ2v) is 5.62. The molecule has 1 aromatic carbocycles. The van der Waals surface area contributed by atoms with Crippen LogP contribution in [0.4, 0.5) is 0 Å². The summed E-state index contributed by atoms with van der Waals surface area (Å²) in [5.74, 6) is 0.868. The Bertz CT molecular complexity index is 503. The number of aromatic nitrogens is 2. The first-order valence-electron chi connectivity index (χ1n) is 5.68. The summed E-state index contributed by atoms with van der Waals surface area (Å²) in [6.07, 6.45) is 5.69. The van der Waals surface area contributed by atoms with E-state index in [0.29, 0.717) is 4.83 Å². The SMILES string of the molecule is BrC(Cc1cnnc2ccccc12)C1CC1. The third kappa shape index (κ3) is 1.96. The molecule has 3 heteroatoms. The molecule has 1 aromatic heterocycles. The molecule has 0 spiro atoms. The van der Waals surface area contributed by atoms with Crippen molar-refractivity contribution >= 4 is 26.8 Å². The standard InChI is InChI=1S/C13H13BrN2/c14-12(9-5-6-9)7-10-8-15-16-13-4-2-1-3-11(10)13/h1-4,8-9,12H,5-7H2. The van der Waals surface area contributed by atoms with E-state index in [1.807, 2.05) is 18.3 Å². The Morgan fingerprint density at radius 1 is 1.31 bits per heavy atom. The Labute approximate surface area is 103 Å². The third-order valence-corrected chi connectivity index (χ3v) is 4.25. The van der Waals surface area contributed by atoms with Crippen LogP contribution in [0.1, 0.15) is 18.4 Å². The predicted molar refractivity (Wildman–Crippen MR) is 68.7 cm³/mol. The number of hydrogen-bond acceptors (Lipinski definition) is 2. The first-order chi connectivity index (χ1) is 7.84. The minimum Gasteiger partial charge on any atom is -0.158 e. The first-order valence-corrected chi connectivity index (χ1v) is 6.59. The largest absolute Gasteiger partial charge is 0.158 e. The molecule has 0 radical (unpaired) electrons. The quantitative estimate of drug-likeness (QED) is 0.804. The van der Waals surface area contributed by atoms with E-state index in [-0.39, 0.29) is 0 Å². The molecule has 0 bridgehead atoms. The molecule has 0 saturated heterocycles.